The number of rotatable bonds is 4. The third-order valence-electron chi connectivity index (χ3n) is 3.13. The summed E-state index contributed by atoms with van der Waals surface area (Å²) < 4.78 is 0. The van der Waals surface area contributed by atoms with Crippen molar-refractivity contribution in [2.75, 3.05) is 6.54 Å². The van der Waals surface area contributed by atoms with Gasteiger partial charge in [0.15, 0.2) is 0 Å². The summed E-state index contributed by atoms with van der Waals surface area (Å²) in [5, 5.41) is 2.68. The van der Waals surface area contributed by atoms with E-state index in [9.17, 15) is 9.59 Å². The predicted molar refractivity (Wildman–Crippen MR) is 72.6 cm³/mol. The third kappa shape index (κ3) is 3.42. The lowest BCUT2D eigenvalue weighted by Gasteiger charge is -2.27. The molecule has 0 aromatic heterocycles. The van der Waals surface area contributed by atoms with Crippen LogP contribution in [0, 0.1) is 13.8 Å². The predicted octanol–water partition coefficient (Wildman–Crippen LogP) is 2.29. The fraction of sp³-hybridized carbons (Fsp3) is 0.467. The molecule has 0 atom stereocenters. The van der Waals surface area contributed by atoms with Gasteiger partial charge in [0, 0.05) is 18.9 Å². The molecule has 3 heteroatoms. The normalized spacial score (nSPS) is 11.2. The summed E-state index contributed by atoms with van der Waals surface area (Å²) in [4.78, 5) is 22.2. The van der Waals surface area contributed by atoms with Crippen LogP contribution in [0.1, 0.15) is 37.5 Å². The van der Waals surface area contributed by atoms with Crippen molar-refractivity contribution in [3.8, 4) is 0 Å². The lowest BCUT2D eigenvalue weighted by molar-refractivity contribution is -0.136. The van der Waals surface area contributed by atoms with E-state index in [1.165, 1.54) is 23.6 Å². The van der Waals surface area contributed by atoms with E-state index in [-0.39, 0.29) is 5.41 Å². The van der Waals surface area contributed by atoms with Gasteiger partial charge in [-0.15, -0.1) is 0 Å². The summed E-state index contributed by atoms with van der Waals surface area (Å²) in [5.41, 5.74) is 3.40. The molecule has 1 amide bonds. The first-order chi connectivity index (χ1) is 8.24. The van der Waals surface area contributed by atoms with Gasteiger partial charge in [-0.05, 0) is 25.0 Å². The fourth-order valence-electron chi connectivity index (χ4n) is 1.99. The molecule has 0 fully saturated rings. The lowest BCUT2D eigenvalue weighted by Crippen LogP contribution is -2.39. The molecule has 0 aliphatic heterocycles. The zero-order chi connectivity index (χ0) is 13.9. The summed E-state index contributed by atoms with van der Waals surface area (Å²) in [6, 6.07) is 6.29. The van der Waals surface area contributed by atoms with Crippen molar-refractivity contribution in [1.82, 2.24) is 5.32 Å². The molecule has 1 N–H and O–H groups in total. The highest BCUT2D eigenvalue weighted by molar-refractivity contribution is 6.35. The van der Waals surface area contributed by atoms with Crippen molar-refractivity contribution in [1.29, 1.82) is 0 Å². The molecule has 98 valence electrons. The maximum absolute atomic E-state index is 11.3. The van der Waals surface area contributed by atoms with E-state index in [1.807, 2.05) is 6.92 Å². The Kier molecular flexibility index (Phi) is 4.28. The first-order valence-corrected chi connectivity index (χ1v) is 6.10. The van der Waals surface area contributed by atoms with Crippen molar-refractivity contribution in [2.24, 2.45) is 0 Å². The number of Topliss-reactive ketones (excluding diaryl/α,β-unsaturated/α-hetero) is 1. The second kappa shape index (κ2) is 5.34. The molecule has 0 heterocycles. The van der Waals surface area contributed by atoms with Gasteiger partial charge >= 0.3 is 0 Å². The van der Waals surface area contributed by atoms with Crippen LogP contribution in [-0.4, -0.2) is 18.2 Å². The summed E-state index contributed by atoms with van der Waals surface area (Å²) in [5.74, 6) is -0.972. The number of nitrogens with one attached hydrogen (secondary N) is 1. The van der Waals surface area contributed by atoms with Crippen molar-refractivity contribution >= 4 is 11.7 Å². The lowest BCUT2D eigenvalue weighted by atomic mass is 9.81. The maximum atomic E-state index is 11.3. The molecular formula is C15H21NO2. The van der Waals surface area contributed by atoms with Crippen LogP contribution in [-0.2, 0) is 15.0 Å². The first kappa shape index (κ1) is 14.4. The zero-order valence-electron chi connectivity index (χ0n) is 11.8. The summed E-state index contributed by atoms with van der Waals surface area (Å²) in [7, 11) is 0. The molecule has 1 aromatic rings. The molecule has 18 heavy (non-hydrogen) atoms. The Morgan fingerprint density at radius 3 is 2.39 bits per heavy atom. The monoisotopic (exact) mass is 247 g/mol. The van der Waals surface area contributed by atoms with Gasteiger partial charge in [0.1, 0.15) is 0 Å². The second-order valence-electron chi connectivity index (χ2n) is 5.44. The van der Waals surface area contributed by atoms with E-state index in [1.54, 1.807) is 0 Å². The molecule has 0 saturated heterocycles. The molecule has 0 unspecified atom stereocenters. The molecule has 0 bridgehead atoms. The van der Waals surface area contributed by atoms with Crippen molar-refractivity contribution in [3.63, 3.8) is 0 Å². The van der Waals surface area contributed by atoms with Crippen molar-refractivity contribution in [3.05, 3.63) is 34.9 Å². The smallest absolute Gasteiger partial charge is 0.287 e. The largest absolute Gasteiger partial charge is 0.349 e. The van der Waals surface area contributed by atoms with Crippen LogP contribution >= 0.6 is 0 Å². The molecule has 0 radical (unpaired) electrons. The van der Waals surface area contributed by atoms with Gasteiger partial charge in [-0.2, -0.15) is 0 Å². The maximum Gasteiger partial charge on any atom is 0.287 e. The van der Waals surface area contributed by atoms with Crippen LogP contribution in [0.4, 0.5) is 0 Å². The second-order valence-corrected chi connectivity index (χ2v) is 5.44. The number of benzene rings is 1. The number of hydrogen-bond acceptors (Lipinski definition) is 2. The number of ketones is 1. The quantitative estimate of drug-likeness (QED) is 0.830. The first-order valence-electron chi connectivity index (χ1n) is 6.10. The molecule has 0 aliphatic carbocycles. The van der Waals surface area contributed by atoms with Gasteiger partial charge in [-0.3, -0.25) is 9.59 Å². The van der Waals surface area contributed by atoms with E-state index in [4.69, 9.17) is 0 Å². The van der Waals surface area contributed by atoms with Gasteiger partial charge in [-0.25, -0.2) is 0 Å². The van der Waals surface area contributed by atoms with E-state index in [0.29, 0.717) is 6.54 Å². The SMILES string of the molecule is CC(=O)C(=O)NCC(C)(C)c1cc(C)ccc1C. The van der Waals surface area contributed by atoms with Crippen LogP contribution in [0.15, 0.2) is 18.2 Å². The summed E-state index contributed by atoms with van der Waals surface area (Å²) in [6.07, 6.45) is 0. The molecule has 1 rings (SSSR count). The van der Waals surface area contributed by atoms with Crippen LogP contribution in [0.2, 0.25) is 0 Å². The Morgan fingerprint density at radius 2 is 1.83 bits per heavy atom. The van der Waals surface area contributed by atoms with Crippen LogP contribution < -0.4 is 5.32 Å². The van der Waals surface area contributed by atoms with E-state index in [2.05, 4.69) is 44.3 Å². The number of carbonyl (C=O) groups excluding carboxylic acids is 2. The highest BCUT2D eigenvalue weighted by Crippen LogP contribution is 2.26. The molecule has 3 nitrogen and oxygen atoms in total. The van der Waals surface area contributed by atoms with E-state index in [0.717, 1.165) is 0 Å². The highest BCUT2D eigenvalue weighted by atomic mass is 16.2. The Balaban J connectivity index is 2.89. The van der Waals surface area contributed by atoms with Gasteiger partial charge in [0.2, 0.25) is 5.78 Å². The Labute approximate surface area is 109 Å². The van der Waals surface area contributed by atoms with Crippen molar-refractivity contribution in [2.45, 2.75) is 40.0 Å². The molecule has 0 aliphatic rings. The molecular weight excluding hydrogens is 226 g/mol. The Hall–Kier alpha value is -1.64. The van der Waals surface area contributed by atoms with Crippen molar-refractivity contribution < 1.29 is 9.59 Å². The summed E-state index contributed by atoms with van der Waals surface area (Å²) in [6.45, 7) is 9.97. The zero-order valence-corrected chi connectivity index (χ0v) is 11.8. The number of aryl methyl sites for hydroxylation is 2. The van der Waals surface area contributed by atoms with Gasteiger partial charge in [0.25, 0.3) is 5.91 Å². The van der Waals surface area contributed by atoms with Crippen LogP contribution in [0.5, 0.6) is 0 Å². The summed E-state index contributed by atoms with van der Waals surface area (Å²) >= 11 is 0. The number of carbonyl (C=O) groups is 2. The Morgan fingerprint density at radius 1 is 1.22 bits per heavy atom. The highest BCUT2D eigenvalue weighted by Gasteiger charge is 2.24. The average Bonchev–Trinajstić information content (AvgIpc) is 2.29. The van der Waals surface area contributed by atoms with Crippen LogP contribution in [0.3, 0.4) is 0 Å². The van der Waals surface area contributed by atoms with E-state index >= 15 is 0 Å². The van der Waals surface area contributed by atoms with Crippen LogP contribution in [0.25, 0.3) is 0 Å². The third-order valence-corrected chi connectivity index (χ3v) is 3.13. The number of amides is 1. The standard InChI is InChI=1S/C15H21NO2/c1-10-6-7-11(2)13(8-10)15(4,5)9-16-14(18)12(3)17/h6-8H,9H2,1-5H3,(H,16,18). The fourth-order valence-corrected chi connectivity index (χ4v) is 1.99. The Bertz CT molecular complexity index is 475. The van der Waals surface area contributed by atoms with Gasteiger partial charge < -0.3 is 5.32 Å². The number of hydrogen-bond donors (Lipinski definition) is 1. The minimum absolute atomic E-state index is 0.193. The topological polar surface area (TPSA) is 46.2 Å². The minimum Gasteiger partial charge on any atom is -0.349 e. The molecule has 0 spiro atoms. The molecule has 0 saturated carbocycles. The van der Waals surface area contributed by atoms with Gasteiger partial charge in [0.05, 0.1) is 0 Å². The molecule has 1 aromatic carbocycles. The minimum atomic E-state index is -0.520. The van der Waals surface area contributed by atoms with Gasteiger partial charge in [-0.1, -0.05) is 37.6 Å². The van der Waals surface area contributed by atoms with E-state index < -0.39 is 11.7 Å². The average molecular weight is 247 g/mol.